The van der Waals surface area contributed by atoms with E-state index in [1.54, 1.807) is 24.3 Å². The second-order valence-electron chi connectivity index (χ2n) is 5.30. The van der Waals surface area contributed by atoms with Crippen molar-refractivity contribution in [1.29, 1.82) is 5.26 Å². The predicted octanol–water partition coefficient (Wildman–Crippen LogP) is 3.62. The van der Waals surface area contributed by atoms with Crippen LogP contribution in [0.3, 0.4) is 0 Å². The molecule has 0 radical (unpaired) electrons. The van der Waals surface area contributed by atoms with Crippen molar-refractivity contribution in [2.45, 2.75) is 0 Å². The number of imide groups is 1. The molecule has 3 aromatic rings. The Morgan fingerprint density at radius 1 is 0.875 bits per heavy atom. The van der Waals surface area contributed by atoms with Crippen molar-refractivity contribution in [2.75, 3.05) is 4.90 Å². The molecule has 0 aliphatic carbocycles. The van der Waals surface area contributed by atoms with Gasteiger partial charge in [-0.05, 0) is 12.1 Å². The lowest BCUT2D eigenvalue weighted by Gasteiger charge is -2.10. The first-order valence-electron chi connectivity index (χ1n) is 7.28. The second-order valence-corrected chi connectivity index (χ2v) is 5.30. The van der Waals surface area contributed by atoms with Crippen LogP contribution in [-0.2, 0) is 0 Å². The van der Waals surface area contributed by atoms with Crippen molar-refractivity contribution in [3.05, 3.63) is 77.4 Å². The number of furan rings is 1. The molecule has 2 heterocycles. The first-order chi connectivity index (χ1) is 11.7. The largest absolute Gasteiger partial charge is 0.438 e. The van der Waals surface area contributed by atoms with Crippen LogP contribution < -0.4 is 4.90 Å². The summed E-state index contributed by atoms with van der Waals surface area (Å²) < 4.78 is 5.71. The van der Waals surface area contributed by atoms with Crippen LogP contribution >= 0.6 is 0 Å². The number of amides is 2. The quantitative estimate of drug-likeness (QED) is 0.677. The summed E-state index contributed by atoms with van der Waals surface area (Å²) in [5.41, 5.74) is 1.52. The maximum atomic E-state index is 12.6. The third kappa shape index (κ3) is 1.94. The fourth-order valence-electron chi connectivity index (χ4n) is 2.75. The fourth-order valence-corrected chi connectivity index (χ4v) is 2.75. The molecule has 0 bridgehead atoms. The molecular weight excluding hydrogens is 304 g/mol. The predicted molar refractivity (Wildman–Crippen MR) is 86.4 cm³/mol. The van der Waals surface area contributed by atoms with Crippen molar-refractivity contribution in [3.8, 4) is 17.4 Å². The molecule has 5 heteroatoms. The van der Waals surface area contributed by atoms with Gasteiger partial charge in [0, 0.05) is 11.6 Å². The highest BCUT2D eigenvalue weighted by Crippen LogP contribution is 2.35. The average Bonchev–Trinajstić information content (AvgIpc) is 3.16. The van der Waals surface area contributed by atoms with Gasteiger partial charge in [-0.3, -0.25) is 9.59 Å². The number of nitriles is 1. The number of hydrogen-bond donors (Lipinski definition) is 0. The van der Waals surface area contributed by atoms with Gasteiger partial charge < -0.3 is 4.42 Å². The van der Waals surface area contributed by atoms with E-state index in [0.717, 1.165) is 10.5 Å². The molecule has 2 amide bonds. The maximum absolute atomic E-state index is 12.6. The van der Waals surface area contributed by atoms with E-state index in [2.05, 4.69) is 0 Å². The lowest BCUT2D eigenvalue weighted by atomic mass is 10.1. The number of carbonyl (C=O) groups excluding carboxylic acids is 2. The second kappa shape index (κ2) is 5.21. The van der Waals surface area contributed by atoms with E-state index in [0.29, 0.717) is 16.9 Å². The van der Waals surface area contributed by atoms with Gasteiger partial charge >= 0.3 is 0 Å². The minimum atomic E-state index is -0.485. The monoisotopic (exact) mass is 314 g/mol. The van der Waals surface area contributed by atoms with Crippen LogP contribution in [0.15, 0.2) is 65.1 Å². The van der Waals surface area contributed by atoms with Gasteiger partial charge in [0.05, 0.1) is 11.1 Å². The Morgan fingerprint density at radius 2 is 1.46 bits per heavy atom. The Morgan fingerprint density at radius 3 is 2.04 bits per heavy atom. The van der Waals surface area contributed by atoms with Crippen molar-refractivity contribution >= 4 is 17.7 Å². The van der Waals surface area contributed by atoms with Crippen LogP contribution in [0, 0.1) is 11.3 Å². The minimum Gasteiger partial charge on any atom is -0.438 e. The molecule has 114 valence electrons. The van der Waals surface area contributed by atoms with E-state index >= 15 is 0 Å². The van der Waals surface area contributed by atoms with Gasteiger partial charge in [-0.1, -0.05) is 42.5 Å². The molecule has 0 N–H and O–H groups in total. The number of hydrogen-bond acceptors (Lipinski definition) is 4. The van der Waals surface area contributed by atoms with E-state index in [1.165, 1.54) is 6.07 Å². The van der Waals surface area contributed by atoms with E-state index in [1.807, 2.05) is 36.4 Å². The number of fused-ring (bicyclic) bond motifs is 1. The van der Waals surface area contributed by atoms with Crippen LogP contribution in [0.5, 0.6) is 0 Å². The highest BCUT2D eigenvalue weighted by Gasteiger charge is 2.39. The van der Waals surface area contributed by atoms with Gasteiger partial charge in [-0.15, -0.1) is 0 Å². The zero-order valence-electron chi connectivity index (χ0n) is 12.4. The number of benzene rings is 2. The Hall–Kier alpha value is -3.65. The molecule has 1 aliphatic heterocycles. The molecule has 0 unspecified atom stereocenters. The van der Waals surface area contributed by atoms with Gasteiger partial charge in [0.2, 0.25) is 5.88 Å². The third-order valence-corrected chi connectivity index (χ3v) is 3.89. The SMILES string of the molecule is N#Cc1cc(-c2ccccc2)oc1N1C(=O)c2ccccc2C1=O. The van der Waals surface area contributed by atoms with Gasteiger partial charge in [0.25, 0.3) is 11.8 Å². The minimum absolute atomic E-state index is 0.0393. The van der Waals surface area contributed by atoms with Crippen LogP contribution in [0.4, 0.5) is 5.88 Å². The lowest BCUT2D eigenvalue weighted by Crippen LogP contribution is -2.29. The van der Waals surface area contributed by atoms with Crippen LogP contribution in [-0.4, -0.2) is 11.8 Å². The van der Waals surface area contributed by atoms with Crippen LogP contribution in [0.1, 0.15) is 26.3 Å². The molecule has 4 rings (SSSR count). The Balaban J connectivity index is 1.84. The normalized spacial score (nSPS) is 13.0. The van der Waals surface area contributed by atoms with E-state index < -0.39 is 11.8 Å². The van der Waals surface area contributed by atoms with Crippen molar-refractivity contribution in [2.24, 2.45) is 0 Å². The molecule has 1 aromatic heterocycles. The van der Waals surface area contributed by atoms with E-state index in [-0.39, 0.29) is 11.4 Å². The first-order valence-corrected chi connectivity index (χ1v) is 7.28. The zero-order chi connectivity index (χ0) is 16.7. The Labute approximate surface area is 137 Å². The maximum Gasteiger partial charge on any atom is 0.268 e. The van der Waals surface area contributed by atoms with Crippen molar-refractivity contribution in [3.63, 3.8) is 0 Å². The summed E-state index contributed by atoms with van der Waals surface area (Å²) in [6.07, 6.45) is 0. The molecule has 0 atom stereocenters. The van der Waals surface area contributed by atoms with Gasteiger partial charge in [0.1, 0.15) is 17.4 Å². The van der Waals surface area contributed by atoms with Gasteiger partial charge in [0.15, 0.2) is 0 Å². The van der Waals surface area contributed by atoms with Gasteiger partial charge in [-0.25, -0.2) is 4.90 Å². The molecule has 24 heavy (non-hydrogen) atoms. The topological polar surface area (TPSA) is 74.3 Å². The summed E-state index contributed by atoms with van der Waals surface area (Å²) in [6, 6.07) is 19.3. The summed E-state index contributed by atoms with van der Waals surface area (Å²) in [6.45, 7) is 0. The first kappa shape index (κ1) is 14.0. The summed E-state index contributed by atoms with van der Waals surface area (Å²) in [5, 5.41) is 9.37. The Bertz CT molecular complexity index is 978. The zero-order valence-corrected chi connectivity index (χ0v) is 12.4. The Kier molecular flexibility index (Phi) is 3.04. The highest BCUT2D eigenvalue weighted by molar-refractivity contribution is 6.34. The summed E-state index contributed by atoms with van der Waals surface area (Å²) in [5.74, 6) is -0.580. The van der Waals surface area contributed by atoms with Crippen LogP contribution in [0.2, 0.25) is 0 Å². The number of nitrogens with zero attached hydrogens (tertiary/aromatic N) is 2. The highest BCUT2D eigenvalue weighted by atomic mass is 16.4. The molecular formula is C19H10N2O3. The molecule has 2 aromatic carbocycles. The van der Waals surface area contributed by atoms with Crippen molar-refractivity contribution < 1.29 is 14.0 Å². The molecule has 5 nitrogen and oxygen atoms in total. The summed E-state index contributed by atoms with van der Waals surface area (Å²) in [4.78, 5) is 26.0. The number of rotatable bonds is 2. The van der Waals surface area contributed by atoms with Crippen molar-refractivity contribution in [1.82, 2.24) is 0 Å². The molecule has 0 spiro atoms. The standard InChI is InChI=1S/C19H10N2O3/c20-11-13-10-16(12-6-2-1-3-7-12)24-19(13)21-17(22)14-8-4-5-9-15(14)18(21)23/h1-10H. The smallest absolute Gasteiger partial charge is 0.268 e. The van der Waals surface area contributed by atoms with Crippen LogP contribution in [0.25, 0.3) is 11.3 Å². The number of carbonyl (C=O) groups is 2. The van der Waals surface area contributed by atoms with E-state index in [9.17, 15) is 14.9 Å². The molecule has 1 aliphatic rings. The average molecular weight is 314 g/mol. The third-order valence-electron chi connectivity index (χ3n) is 3.89. The van der Waals surface area contributed by atoms with Gasteiger partial charge in [-0.2, -0.15) is 5.26 Å². The molecule has 0 fully saturated rings. The summed E-state index contributed by atoms with van der Waals surface area (Å²) in [7, 11) is 0. The van der Waals surface area contributed by atoms with E-state index in [4.69, 9.17) is 4.42 Å². The lowest BCUT2D eigenvalue weighted by molar-refractivity contribution is 0.0920. The number of anilines is 1. The fraction of sp³-hybridized carbons (Fsp3) is 0. The summed E-state index contributed by atoms with van der Waals surface area (Å²) >= 11 is 0. The molecule has 0 saturated carbocycles. The molecule has 0 saturated heterocycles.